The summed E-state index contributed by atoms with van der Waals surface area (Å²) in [6.07, 6.45) is 0. The van der Waals surface area contributed by atoms with Crippen LogP contribution in [-0.4, -0.2) is 43.9 Å². The van der Waals surface area contributed by atoms with Gasteiger partial charge in [-0.1, -0.05) is 0 Å². The molecule has 2 nitrogen and oxygen atoms in total. The van der Waals surface area contributed by atoms with Crippen molar-refractivity contribution in [3.05, 3.63) is 0 Å². The van der Waals surface area contributed by atoms with Crippen LogP contribution < -0.4 is 24.8 Å². The number of hydrogen-bond acceptors (Lipinski definition) is 1. The molecule has 0 amide bonds. The molecule has 0 aliphatic carbocycles. The average Bonchev–Trinajstić information content (AvgIpc) is 1.30. The van der Waals surface area contributed by atoms with Crippen molar-refractivity contribution in [2.45, 2.75) is 0 Å². The van der Waals surface area contributed by atoms with Crippen LogP contribution in [-0.2, 0) is 17.1 Å². The van der Waals surface area contributed by atoms with Gasteiger partial charge in [-0.05, 0) is 0 Å². The van der Waals surface area contributed by atoms with Crippen molar-refractivity contribution in [2.24, 2.45) is 0 Å². The molecule has 10 heavy (non-hydrogen) atoms. The molecule has 1 N–H and O–H groups in total. The molecule has 0 saturated carbocycles. The Bertz CT molecular complexity index is 58.1. The third-order valence-electron chi connectivity index (χ3n) is 0.771. The Morgan fingerprint density at radius 1 is 1.10 bits per heavy atom. The summed E-state index contributed by atoms with van der Waals surface area (Å²) >= 11 is 0. The van der Waals surface area contributed by atoms with Crippen molar-refractivity contribution < 1.29 is 51.5 Å². The van der Waals surface area contributed by atoms with E-state index >= 15 is 0 Å². The summed E-state index contributed by atoms with van der Waals surface area (Å²) in [4.78, 5) is 0. The molecule has 0 aliphatic heterocycles. The molecule has 0 aromatic carbocycles. The summed E-state index contributed by atoms with van der Waals surface area (Å²) in [5.74, 6) is 0. The van der Waals surface area contributed by atoms with E-state index in [0.717, 1.165) is 11.0 Å². The zero-order valence-electron chi connectivity index (χ0n) is 6.44. The number of quaternary nitrogens is 1. The van der Waals surface area contributed by atoms with Gasteiger partial charge < -0.3 is 34.4 Å². The van der Waals surface area contributed by atoms with Crippen molar-refractivity contribution in [3.63, 3.8) is 0 Å². The molecule has 5 heteroatoms. The molecule has 0 saturated heterocycles. The summed E-state index contributed by atoms with van der Waals surface area (Å²) < 4.78 is 0.844. The van der Waals surface area contributed by atoms with Gasteiger partial charge in [-0.2, -0.15) is 0 Å². The van der Waals surface area contributed by atoms with Crippen molar-refractivity contribution in [1.82, 2.24) is 0 Å². The minimum atomic E-state index is 0. The van der Waals surface area contributed by atoms with Crippen LogP contribution in [0.25, 0.3) is 0 Å². The molecule has 0 aromatic rings. The second-order valence-corrected chi connectivity index (χ2v) is 2.74. The minimum absolute atomic E-state index is 0. The van der Waals surface area contributed by atoms with E-state index in [2.05, 4.69) is 21.1 Å². The van der Waals surface area contributed by atoms with Gasteiger partial charge in [0, 0.05) is 17.1 Å². The second-order valence-electron chi connectivity index (χ2n) is 2.74. The summed E-state index contributed by atoms with van der Waals surface area (Å²) in [5, 5.41) is 8.39. The fraction of sp³-hybridized carbons (Fsp3) is 1.00. The first-order valence-electron chi connectivity index (χ1n) is 2.47. The Balaban J connectivity index is -0.0000000600. The molecule has 1 radical (unpaired) electrons. The molecule has 0 spiro atoms. The van der Waals surface area contributed by atoms with E-state index in [1.165, 1.54) is 0 Å². The van der Waals surface area contributed by atoms with Crippen LogP contribution in [0, 0.1) is 0 Å². The van der Waals surface area contributed by atoms with Crippen molar-refractivity contribution in [3.8, 4) is 0 Å². The summed E-state index contributed by atoms with van der Waals surface area (Å²) in [7, 11) is 6.16. The fourth-order valence-electron chi connectivity index (χ4n) is 0.300. The van der Waals surface area contributed by atoms with Crippen LogP contribution in [0.2, 0.25) is 0 Å². The van der Waals surface area contributed by atoms with Gasteiger partial charge in [0.05, 0.1) is 27.7 Å². The van der Waals surface area contributed by atoms with E-state index in [1.54, 1.807) is 0 Å². The monoisotopic (exact) mass is 229 g/mol. The molecule has 0 aliphatic rings. The van der Waals surface area contributed by atoms with Gasteiger partial charge in [0.15, 0.2) is 0 Å². The van der Waals surface area contributed by atoms with Crippen LogP contribution in [0.1, 0.15) is 0 Å². The number of aliphatic hydroxyl groups is 1. The first kappa shape index (κ1) is 22.5. The van der Waals surface area contributed by atoms with Gasteiger partial charge in [-0.25, -0.2) is 0 Å². The van der Waals surface area contributed by atoms with E-state index < -0.39 is 0 Å². The largest absolute Gasteiger partial charge is 1.00 e. The first-order chi connectivity index (χ1) is 3.06. The number of rotatable bonds is 2. The predicted octanol–water partition coefficient (Wildman–Crippen LogP) is -6.31. The summed E-state index contributed by atoms with van der Waals surface area (Å²) in [6.45, 7) is 1.11. The molecule has 0 aromatic heterocycles. The van der Waals surface area contributed by atoms with Crippen molar-refractivity contribution >= 4 is 0 Å². The predicted molar refractivity (Wildman–Crippen MR) is 30.0 cm³/mol. The van der Waals surface area contributed by atoms with E-state index in [0.29, 0.717) is 0 Å². The molecule has 67 valence electrons. The number of likely N-dealkylation sites (N-methyl/N-ethyl adjacent to an activating group) is 1. The minimum Gasteiger partial charge on any atom is -1.00 e. The van der Waals surface area contributed by atoms with Crippen LogP contribution in [0.4, 0.5) is 0 Å². The summed E-state index contributed by atoms with van der Waals surface area (Å²) in [5.41, 5.74) is 0. The molecule has 0 heterocycles. The molecule has 0 atom stereocenters. The molecule has 0 fully saturated rings. The first-order valence-corrected chi connectivity index (χ1v) is 2.47. The van der Waals surface area contributed by atoms with E-state index in [9.17, 15) is 0 Å². The Hall–Kier alpha value is 1.02. The molecule has 0 unspecified atom stereocenters. The van der Waals surface area contributed by atoms with E-state index in [1.807, 2.05) is 0 Å². The van der Waals surface area contributed by atoms with Gasteiger partial charge in [0.25, 0.3) is 0 Å². The van der Waals surface area contributed by atoms with Crippen molar-refractivity contribution in [2.75, 3.05) is 34.3 Å². The van der Waals surface area contributed by atoms with Gasteiger partial charge in [0.1, 0.15) is 6.54 Å². The number of aliphatic hydroxyl groups excluding tert-OH is 1. The third kappa shape index (κ3) is 23.0. The number of halogens is 2. The fourth-order valence-corrected chi connectivity index (χ4v) is 0.300. The molecular weight excluding hydrogens is 216 g/mol. The SMILES string of the molecule is C[N+](C)(C)CCO.[Cl-].[Cl-].[Mn]. The van der Waals surface area contributed by atoms with Gasteiger partial charge >= 0.3 is 0 Å². The standard InChI is InChI=1S/C5H14NO.2ClH.Mn/c1-6(2,3)4-5-7;;;/h7H,4-5H2,1-3H3;2*1H;/q+1;;;/p-2. The maximum atomic E-state index is 8.39. The zero-order chi connectivity index (χ0) is 5.91. The molecule has 0 rings (SSSR count). The smallest absolute Gasteiger partial charge is 0.101 e. The van der Waals surface area contributed by atoms with E-state index in [-0.39, 0.29) is 48.5 Å². The van der Waals surface area contributed by atoms with Crippen LogP contribution in [0.15, 0.2) is 0 Å². The maximum absolute atomic E-state index is 8.39. The van der Waals surface area contributed by atoms with Gasteiger partial charge in [-0.15, -0.1) is 0 Å². The Morgan fingerprint density at radius 2 is 1.40 bits per heavy atom. The average molecular weight is 230 g/mol. The number of nitrogens with zero attached hydrogens (tertiary/aromatic N) is 1. The molecular formula is C5H14Cl2MnNO-. The second kappa shape index (κ2) is 10.0. The Kier molecular flexibility index (Phi) is 22.5. The normalized spacial score (nSPS) is 8.40. The Labute approximate surface area is 85.9 Å². The van der Waals surface area contributed by atoms with Crippen molar-refractivity contribution in [1.29, 1.82) is 0 Å². The van der Waals surface area contributed by atoms with Crippen LogP contribution >= 0.6 is 0 Å². The van der Waals surface area contributed by atoms with E-state index in [4.69, 9.17) is 5.11 Å². The van der Waals surface area contributed by atoms with Gasteiger partial charge in [0.2, 0.25) is 0 Å². The van der Waals surface area contributed by atoms with Gasteiger partial charge in [-0.3, -0.25) is 0 Å². The Morgan fingerprint density at radius 3 is 1.40 bits per heavy atom. The maximum Gasteiger partial charge on any atom is 0.101 e. The van der Waals surface area contributed by atoms with Crippen LogP contribution in [0.3, 0.4) is 0 Å². The summed E-state index contributed by atoms with van der Waals surface area (Å²) in [6, 6.07) is 0. The molecule has 0 bridgehead atoms. The topological polar surface area (TPSA) is 20.2 Å². The third-order valence-corrected chi connectivity index (χ3v) is 0.771. The zero-order valence-corrected chi connectivity index (χ0v) is 9.13. The van der Waals surface area contributed by atoms with Crippen LogP contribution in [0.5, 0.6) is 0 Å². The number of hydrogen-bond donors (Lipinski definition) is 1. The quantitative estimate of drug-likeness (QED) is 0.369.